The zero-order valence-corrected chi connectivity index (χ0v) is 13.6. The van der Waals surface area contributed by atoms with E-state index < -0.39 is 5.92 Å². The van der Waals surface area contributed by atoms with Crippen molar-refractivity contribution < 1.29 is 10.0 Å². The van der Waals surface area contributed by atoms with Gasteiger partial charge in [0.1, 0.15) is 5.92 Å². The molecule has 0 radical (unpaired) electrons. The molecule has 2 unspecified atom stereocenters. The van der Waals surface area contributed by atoms with Crippen molar-refractivity contribution in [2.75, 3.05) is 0 Å². The summed E-state index contributed by atoms with van der Waals surface area (Å²) in [7, 11) is 0. The van der Waals surface area contributed by atoms with Crippen LogP contribution in [0.1, 0.15) is 32.4 Å². The summed E-state index contributed by atoms with van der Waals surface area (Å²) in [6, 6.07) is 4.75. The Balaban J connectivity index is 2.90. The van der Waals surface area contributed by atoms with Crippen LogP contribution in [0.3, 0.4) is 0 Å². The molecule has 0 aromatic heterocycles. The first-order valence-corrected chi connectivity index (χ1v) is 7.26. The van der Waals surface area contributed by atoms with Crippen LogP contribution in [-0.2, 0) is 4.79 Å². The monoisotopic (exact) mass is 331 g/mol. The zero-order valence-electron chi connectivity index (χ0n) is 12.1. The van der Waals surface area contributed by atoms with Crippen LogP contribution in [0.4, 0.5) is 0 Å². The number of benzene rings is 1. The van der Waals surface area contributed by atoms with Crippen LogP contribution < -0.4 is 11.1 Å². The topological polar surface area (TPSA) is 87.7 Å². The minimum atomic E-state index is -0.705. The summed E-state index contributed by atoms with van der Waals surface area (Å²) in [4.78, 5) is 12.3. The Labute approximate surface area is 134 Å². The lowest BCUT2D eigenvalue weighted by atomic mass is 9.93. The average molecular weight is 332 g/mol. The number of amidine groups is 1. The molecule has 0 saturated carbocycles. The molecule has 2 atom stereocenters. The SMILES string of the molecule is CC(NC(=O)C(C(N)=NO)C(C)C)c1ccc(Cl)cc1Cl. The number of carbonyl (C=O) groups excluding carboxylic acids is 1. The summed E-state index contributed by atoms with van der Waals surface area (Å²) in [5, 5.41) is 15.5. The molecule has 0 heterocycles. The second-order valence-corrected chi connectivity index (χ2v) is 5.99. The van der Waals surface area contributed by atoms with Gasteiger partial charge in [-0.3, -0.25) is 4.79 Å². The molecule has 0 spiro atoms. The number of halogens is 2. The van der Waals surface area contributed by atoms with E-state index in [1.807, 2.05) is 13.8 Å². The fourth-order valence-corrected chi connectivity index (χ4v) is 2.65. The van der Waals surface area contributed by atoms with Crippen LogP contribution in [0.15, 0.2) is 23.4 Å². The van der Waals surface area contributed by atoms with Gasteiger partial charge < -0.3 is 16.3 Å². The van der Waals surface area contributed by atoms with E-state index in [-0.39, 0.29) is 23.7 Å². The molecule has 116 valence electrons. The summed E-state index contributed by atoms with van der Waals surface area (Å²) in [5.74, 6) is -1.24. The van der Waals surface area contributed by atoms with Crippen molar-refractivity contribution in [2.45, 2.75) is 26.8 Å². The maximum atomic E-state index is 12.3. The van der Waals surface area contributed by atoms with E-state index in [2.05, 4.69) is 10.5 Å². The first-order valence-electron chi connectivity index (χ1n) is 6.50. The van der Waals surface area contributed by atoms with Gasteiger partial charge in [0.05, 0.1) is 6.04 Å². The number of nitrogens with one attached hydrogen (secondary N) is 1. The van der Waals surface area contributed by atoms with Gasteiger partial charge in [0.2, 0.25) is 5.91 Å². The highest BCUT2D eigenvalue weighted by atomic mass is 35.5. The molecule has 0 aliphatic heterocycles. The second-order valence-electron chi connectivity index (χ2n) is 5.14. The van der Waals surface area contributed by atoms with Crippen molar-refractivity contribution >= 4 is 34.9 Å². The number of nitrogens with two attached hydrogens (primary N) is 1. The van der Waals surface area contributed by atoms with Crippen molar-refractivity contribution in [2.24, 2.45) is 22.7 Å². The lowest BCUT2D eigenvalue weighted by Gasteiger charge is -2.22. The molecule has 0 saturated heterocycles. The van der Waals surface area contributed by atoms with Gasteiger partial charge in [-0.2, -0.15) is 0 Å². The molecular weight excluding hydrogens is 313 g/mol. The Hall–Kier alpha value is -1.46. The standard InChI is InChI=1S/C14H19Cl2N3O2/c1-7(2)12(13(17)19-21)14(20)18-8(3)10-5-4-9(15)6-11(10)16/h4-8,12,21H,1-3H3,(H2,17,19)(H,18,20). The smallest absolute Gasteiger partial charge is 0.231 e. The van der Waals surface area contributed by atoms with Crippen molar-refractivity contribution in [3.05, 3.63) is 33.8 Å². The largest absolute Gasteiger partial charge is 0.409 e. The van der Waals surface area contributed by atoms with Gasteiger partial charge in [0.25, 0.3) is 0 Å². The Morgan fingerprint density at radius 3 is 2.43 bits per heavy atom. The van der Waals surface area contributed by atoms with E-state index in [1.54, 1.807) is 25.1 Å². The summed E-state index contributed by atoms with van der Waals surface area (Å²) in [6.45, 7) is 5.45. The lowest BCUT2D eigenvalue weighted by molar-refractivity contribution is -0.124. The van der Waals surface area contributed by atoms with E-state index in [1.165, 1.54) is 0 Å². The van der Waals surface area contributed by atoms with Gasteiger partial charge >= 0.3 is 0 Å². The molecule has 4 N–H and O–H groups in total. The quantitative estimate of drug-likeness (QED) is 0.335. The predicted octanol–water partition coefficient (Wildman–Crippen LogP) is 3.19. The predicted molar refractivity (Wildman–Crippen MR) is 84.8 cm³/mol. The molecule has 0 aliphatic rings. The van der Waals surface area contributed by atoms with E-state index in [0.717, 1.165) is 5.56 Å². The maximum Gasteiger partial charge on any atom is 0.231 e. The molecule has 5 nitrogen and oxygen atoms in total. The summed E-state index contributed by atoms with van der Waals surface area (Å²) >= 11 is 12.0. The van der Waals surface area contributed by atoms with E-state index in [9.17, 15) is 4.79 Å². The van der Waals surface area contributed by atoms with Gasteiger partial charge in [0.15, 0.2) is 5.84 Å². The summed E-state index contributed by atoms with van der Waals surface area (Å²) in [6.07, 6.45) is 0. The number of hydrogen-bond acceptors (Lipinski definition) is 3. The van der Waals surface area contributed by atoms with Crippen LogP contribution in [0.5, 0.6) is 0 Å². The fourth-order valence-electron chi connectivity index (χ4n) is 2.07. The first-order chi connectivity index (χ1) is 9.77. The number of nitrogens with zero attached hydrogens (tertiary/aromatic N) is 1. The van der Waals surface area contributed by atoms with E-state index >= 15 is 0 Å². The molecule has 1 aromatic rings. The Morgan fingerprint density at radius 1 is 1.33 bits per heavy atom. The molecule has 21 heavy (non-hydrogen) atoms. The van der Waals surface area contributed by atoms with Crippen LogP contribution >= 0.6 is 23.2 Å². The van der Waals surface area contributed by atoms with Crippen LogP contribution in [0.25, 0.3) is 0 Å². The number of oxime groups is 1. The highest BCUT2D eigenvalue weighted by Crippen LogP contribution is 2.26. The fraction of sp³-hybridized carbons (Fsp3) is 0.429. The Kier molecular flexibility index (Phi) is 6.30. The van der Waals surface area contributed by atoms with Gasteiger partial charge in [-0.1, -0.05) is 48.3 Å². The summed E-state index contributed by atoms with van der Waals surface area (Å²) in [5.41, 5.74) is 6.33. The number of rotatable bonds is 5. The van der Waals surface area contributed by atoms with Crippen LogP contribution in [0.2, 0.25) is 10.0 Å². The average Bonchev–Trinajstić information content (AvgIpc) is 2.37. The van der Waals surface area contributed by atoms with Gasteiger partial charge in [-0.25, -0.2) is 0 Å². The molecule has 1 rings (SSSR count). The third-order valence-electron chi connectivity index (χ3n) is 3.17. The molecule has 0 bridgehead atoms. The second kappa shape index (κ2) is 7.52. The van der Waals surface area contributed by atoms with E-state index in [0.29, 0.717) is 10.0 Å². The first kappa shape index (κ1) is 17.6. The lowest BCUT2D eigenvalue weighted by Crippen LogP contribution is -2.42. The van der Waals surface area contributed by atoms with Gasteiger partial charge in [0, 0.05) is 10.0 Å². The minimum Gasteiger partial charge on any atom is -0.409 e. The molecule has 1 amide bonds. The minimum absolute atomic E-state index is 0.103. The molecule has 1 aromatic carbocycles. The number of carbonyl (C=O) groups is 1. The van der Waals surface area contributed by atoms with Gasteiger partial charge in [-0.15, -0.1) is 0 Å². The van der Waals surface area contributed by atoms with Crippen molar-refractivity contribution in [3.63, 3.8) is 0 Å². The summed E-state index contributed by atoms with van der Waals surface area (Å²) < 4.78 is 0. The van der Waals surface area contributed by atoms with Crippen molar-refractivity contribution in [3.8, 4) is 0 Å². The molecule has 0 aliphatic carbocycles. The highest BCUT2D eigenvalue weighted by Gasteiger charge is 2.28. The third kappa shape index (κ3) is 4.51. The Bertz CT molecular complexity index is 547. The van der Waals surface area contributed by atoms with Crippen LogP contribution in [-0.4, -0.2) is 17.0 Å². The molecule has 7 heteroatoms. The maximum absolute atomic E-state index is 12.3. The normalized spacial score (nSPS) is 14.9. The number of amides is 1. The van der Waals surface area contributed by atoms with Crippen molar-refractivity contribution in [1.82, 2.24) is 5.32 Å². The van der Waals surface area contributed by atoms with Crippen molar-refractivity contribution in [1.29, 1.82) is 0 Å². The highest BCUT2D eigenvalue weighted by molar-refractivity contribution is 6.35. The molecule has 0 fully saturated rings. The number of hydrogen-bond donors (Lipinski definition) is 3. The molecular formula is C14H19Cl2N3O2. The Morgan fingerprint density at radius 2 is 1.95 bits per heavy atom. The van der Waals surface area contributed by atoms with Gasteiger partial charge in [-0.05, 0) is 30.5 Å². The zero-order chi connectivity index (χ0) is 16.2. The van der Waals surface area contributed by atoms with E-state index in [4.69, 9.17) is 34.1 Å². The van der Waals surface area contributed by atoms with Crippen LogP contribution in [0, 0.1) is 11.8 Å². The third-order valence-corrected chi connectivity index (χ3v) is 3.73.